The molecule has 1 aromatic heterocycles. The highest BCUT2D eigenvalue weighted by atomic mass is 35.5. The maximum atomic E-state index is 13.3. The molecule has 1 heterocycles. The molecule has 0 saturated heterocycles. The third-order valence-electron chi connectivity index (χ3n) is 5.11. The number of carbonyl (C=O) groups is 1. The molecule has 0 atom stereocenters. The summed E-state index contributed by atoms with van der Waals surface area (Å²) in [6.45, 7) is 2.15. The molecule has 0 unspecified atom stereocenters. The Bertz CT molecular complexity index is 1410. The number of hydrogen-bond acceptors (Lipinski definition) is 5. The van der Waals surface area contributed by atoms with Gasteiger partial charge in [0.15, 0.2) is 15.0 Å². The summed E-state index contributed by atoms with van der Waals surface area (Å²) in [4.78, 5) is 19.4. The molecule has 1 amide bonds. The number of carbonyl (C=O) groups excluding carboxylic acids is 1. The van der Waals surface area contributed by atoms with Gasteiger partial charge in [-0.15, -0.1) is 0 Å². The van der Waals surface area contributed by atoms with E-state index in [1.165, 1.54) is 28.4 Å². The molecule has 0 spiro atoms. The van der Waals surface area contributed by atoms with Gasteiger partial charge in [-0.3, -0.25) is 9.69 Å². The summed E-state index contributed by atoms with van der Waals surface area (Å²) in [6, 6.07) is 17.6. The van der Waals surface area contributed by atoms with Crippen molar-refractivity contribution in [3.05, 3.63) is 88.7 Å². The molecule has 0 aliphatic rings. The van der Waals surface area contributed by atoms with Crippen molar-refractivity contribution in [1.29, 1.82) is 0 Å². The van der Waals surface area contributed by atoms with E-state index in [2.05, 4.69) is 4.98 Å². The number of amides is 1. The molecule has 170 valence electrons. The van der Waals surface area contributed by atoms with Crippen LogP contribution < -0.4 is 4.90 Å². The number of thiazole rings is 1. The van der Waals surface area contributed by atoms with E-state index in [0.717, 1.165) is 33.5 Å². The first kappa shape index (κ1) is 23.4. The SMILES string of the molecule is Cc1cc(Cl)cc2sc(N(Cc3ccccc3)C(=O)CCS(=O)(=O)c3ccc(F)cc3)nc12. The lowest BCUT2D eigenvalue weighted by atomic mass is 10.2. The van der Waals surface area contributed by atoms with Crippen LogP contribution in [0.3, 0.4) is 0 Å². The molecule has 5 nitrogen and oxygen atoms in total. The highest BCUT2D eigenvalue weighted by Crippen LogP contribution is 2.34. The highest BCUT2D eigenvalue weighted by molar-refractivity contribution is 7.91. The number of rotatable bonds is 7. The van der Waals surface area contributed by atoms with Crippen LogP contribution in [0.25, 0.3) is 10.2 Å². The zero-order chi connectivity index (χ0) is 23.6. The minimum absolute atomic E-state index is 0.0171. The Morgan fingerprint density at radius 1 is 1.09 bits per heavy atom. The van der Waals surface area contributed by atoms with Crippen molar-refractivity contribution >= 4 is 54.0 Å². The molecule has 9 heteroatoms. The molecule has 4 aromatic rings. The maximum Gasteiger partial charge on any atom is 0.230 e. The van der Waals surface area contributed by atoms with Crippen molar-refractivity contribution in [3.8, 4) is 0 Å². The fourth-order valence-corrected chi connectivity index (χ4v) is 6.07. The van der Waals surface area contributed by atoms with Gasteiger partial charge in [-0.1, -0.05) is 53.3 Å². The number of halogens is 2. The topological polar surface area (TPSA) is 67.3 Å². The lowest BCUT2D eigenvalue weighted by Crippen LogP contribution is -2.31. The Balaban J connectivity index is 1.62. The van der Waals surface area contributed by atoms with Crippen molar-refractivity contribution in [2.24, 2.45) is 0 Å². The van der Waals surface area contributed by atoms with E-state index < -0.39 is 21.4 Å². The first-order chi connectivity index (χ1) is 15.7. The third kappa shape index (κ3) is 5.40. The lowest BCUT2D eigenvalue weighted by molar-refractivity contribution is -0.118. The number of anilines is 1. The van der Waals surface area contributed by atoms with Gasteiger partial charge in [0.05, 0.1) is 27.4 Å². The zero-order valence-corrected chi connectivity index (χ0v) is 20.1. The predicted molar refractivity (Wildman–Crippen MR) is 130 cm³/mol. The van der Waals surface area contributed by atoms with Crippen LogP contribution in [0.5, 0.6) is 0 Å². The first-order valence-corrected chi connectivity index (χ1v) is 13.0. The summed E-state index contributed by atoms with van der Waals surface area (Å²) >= 11 is 7.51. The number of aryl methyl sites for hydroxylation is 1. The Kier molecular flexibility index (Phi) is 6.78. The van der Waals surface area contributed by atoms with E-state index in [0.29, 0.717) is 10.2 Å². The highest BCUT2D eigenvalue weighted by Gasteiger charge is 2.24. The summed E-state index contributed by atoms with van der Waals surface area (Å²) in [6.07, 6.45) is -0.234. The van der Waals surface area contributed by atoms with Crippen LogP contribution >= 0.6 is 22.9 Å². The van der Waals surface area contributed by atoms with E-state index in [4.69, 9.17) is 11.6 Å². The third-order valence-corrected chi connectivity index (χ3v) is 8.09. The molecule has 4 rings (SSSR count). The van der Waals surface area contributed by atoms with Crippen LogP contribution in [0, 0.1) is 12.7 Å². The molecule has 0 fully saturated rings. The van der Waals surface area contributed by atoms with Gasteiger partial charge in [0.25, 0.3) is 0 Å². The number of fused-ring (bicyclic) bond motifs is 1. The molecular weight excluding hydrogens is 483 g/mol. The Labute approximate surface area is 200 Å². The fraction of sp³-hybridized carbons (Fsp3) is 0.167. The van der Waals surface area contributed by atoms with E-state index in [1.54, 1.807) is 6.07 Å². The van der Waals surface area contributed by atoms with E-state index in [1.807, 2.05) is 43.3 Å². The van der Waals surface area contributed by atoms with Crippen LogP contribution in [0.4, 0.5) is 9.52 Å². The number of sulfone groups is 1. The fourth-order valence-electron chi connectivity index (χ4n) is 3.40. The van der Waals surface area contributed by atoms with Gasteiger partial charge in [-0.25, -0.2) is 17.8 Å². The van der Waals surface area contributed by atoms with Gasteiger partial charge in [0.1, 0.15) is 5.82 Å². The normalized spacial score (nSPS) is 11.6. The average molecular weight is 503 g/mol. The zero-order valence-electron chi connectivity index (χ0n) is 17.7. The largest absolute Gasteiger partial charge is 0.284 e. The van der Waals surface area contributed by atoms with Gasteiger partial charge in [0.2, 0.25) is 5.91 Å². The van der Waals surface area contributed by atoms with Crippen LogP contribution in [0.15, 0.2) is 71.6 Å². The summed E-state index contributed by atoms with van der Waals surface area (Å²) in [5, 5.41) is 1.06. The minimum Gasteiger partial charge on any atom is -0.284 e. The first-order valence-electron chi connectivity index (χ1n) is 10.1. The second-order valence-corrected chi connectivity index (χ2v) is 11.1. The Hall–Kier alpha value is -2.81. The van der Waals surface area contributed by atoms with Crippen LogP contribution in [-0.2, 0) is 21.2 Å². The predicted octanol–water partition coefficient (Wildman–Crippen LogP) is 5.79. The van der Waals surface area contributed by atoms with Gasteiger partial charge in [0, 0.05) is 11.4 Å². The van der Waals surface area contributed by atoms with Crippen molar-refractivity contribution in [3.63, 3.8) is 0 Å². The molecule has 0 aliphatic heterocycles. The molecule has 0 N–H and O–H groups in total. The lowest BCUT2D eigenvalue weighted by Gasteiger charge is -2.20. The van der Waals surface area contributed by atoms with E-state index in [9.17, 15) is 17.6 Å². The van der Waals surface area contributed by atoms with E-state index in [-0.39, 0.29) is 23.8 Å². The van der Waals surface area contributed by atoms with E-state index >= 15 is 0 Å². The number of benzene rings is 3. The average Bonchev–Trinajstić information content (AvgIpc) is 3.21. The molecular formula is C24H20ClFN2O3S2. The summed E-state index contributed by atoms with van der Waals surface area (Å²) in [5.41, 5.74) is 2.54. The van der Waals surface area contributed by atoms with Crippen LogP contribution in [0.1, 0.15) is 17.5 Å². The van der Waals surface area contributed by atoms with Gasteiger partial charge in [-0.2, -0.15) is 0 Å². The smallest absolute Gasteiger partial charge is 0.230 e. The van der Waals surface area contributed by atoms with Crippen molar-refractivity contribution < 1.29 is 17.6 Å². The number of aromatic nitrogens is 1. The summed E-state index contributed by atoms with van der Waals surface area (Å²) < 4.78 is 39.3. The summed E-state index contributed by atoms with van der Waals surface area (Å²) in [7, 11) is -3.75. The number of hydrogen-bond donors (Lipinski definition) is 0. The van der Waals surface area contributed by atoms with Crippen LogP contribution in [-0.4, -0.2) is 25.1 Å². The van der Waals surface area contributed by atoms with Gasteiger partial charge in [-0.05, 0) is 54.4 Å². The minimum atomic E-state index is -3.75. The summed E-state index contributed by atoms with van der Waals surface area (Å²) in [5.74, 6) is -1.28. The number of nitrogens with zero attached hydrogens (tertiary/aromatic N) is 2. The molecule has 3 aromatic carbocycles. The molecule has 0 bridgehead atoms. The monoisotopic (exact) mass is 502 g/mol. The quantitative estimate of drug-likeness (QED) is 0.300. The molecule has 0 aliphatic carbocycles. The Morgan fingerprint density at radius 2 is 1.79 bits per heavy atom. The van der Waals surface area contributed by atoms with Gasteiger partial charge < -0.3 is 0 Å². The molecule has 33 heavy (non-hydrogen) atoms. The second-order valence-electron chi connectivity index (χ2n) is 7.55. The van der Waals surface area contributed by atoms with Crippen molar-refractivity contribution in [1.82, 2.24) is 4.98 Å². The van der Waals surface area contributed by atoms with Crippen molar-refractivity contribution in [2.45, 2.75) is 24.8 Å². The molecule has 0 radical (unpaired) electrons. The molecule has 0 saturated carbocycles. The maximum absolute atomic E-state index is 13.3. The van der Waals surface area contributed by atoms with Crippen molar-refractivity contribution in [2.75, 3.05) is 10.7 Å². The Morgan fingerprint density at radius 3 is 2.48 bits per heavy atom. The van der Waals surface area contributed by atoms with Crippen LogP contribution in [0.2, 0.25) is 5.02 Å². The second kappa shape index (κ2) is 9.59. The standard InChI is InChI=1S/C24H20ClFN2O3S2/c1-16-13-18(25)14-21-23(16)27-24(32-21)28(15-17-5-3-2-4-6-17)22(29)11-12-33(30,31)20-9-7-19(26)8-10-20/h2-10,13-14H,11-12,15H2,1H3. The van der Waals surface area contributed by atoms with Gasteiger partial charge >= 0.3 is 0 Å².